The van der Waals surface area contributed by atoms with Crippen molar-refractivity contribution in [2.45, 2.75) is 19.3 Å². The maximum atomic E-state index is 6.14. The van der Waals surface area contributed by atoms with E-state index in [1.165, 1.54) is 30.4 Å². The Bertz CT molecular complexity index is 811. The second-order valence-electron chi connectivity index (χ2n) is 5.22. The van der Waals surface area contributed by atoms with Gasteiger partial charge in [0, 0.05) is 16.3 Å². The van der Waals surface area contributed by atoms with Gasteiger partial charge < -0.3 is 0 Å². The van der Waals surface area contributed by atoms with Gasteiger partial charge in [-0.1, -0.05) is 48.0 Å². The lowest BCUT2D eigenvalue weighted by atomic mass is 10.0. The van der Waals surface area contributed by atoms with Crippen LogP contribution < -0.4 is 0 Å². The lowest BCUT2D eigenvalue weighted by Gasteiger charge is -2.08. The first kappa shape index (κ1) is 11.9. The van der Waals surface area contributed by atoms with Crippen molar-refractivity contribution < 1.29 is 0 Å². The highest BCUT2D eigenvalue weighted by atomic mass is 35.5. The normalized spacial score (nSPS) is 13.7. The van der Waals surface area contributed by atoms with Gasteiger partial charge in [-0.25, -0.2) is 0 Å². The molecular formula is C17H13ClN2. The van der Waals surface area contributed by atoms with E-state index in [4.69, 9.17) is 11.6 Å². The molecule has 2 nitrogen and oxygen atoms in total. The summed E-state index contributed by atoms with van der Waals surface area (Å²) in [5.74, 6) is 0. The number of rotatable bonds is 1. The van der Waals surface area contributed by atoms with Gasteiger partial charge in [0.25, 0.3) is 0 Å². The molecule has 98 valence electrons. The van der Waals surface area contributed by atoms with E-state index in [1.54, 1.807) is 0 Å². The molecule has 1 heterocycles. The Morgan fingerprint density at radius 3 is 2.55 bits per heavy atom. The Kier molecular flexibility index (Phi) is 2.71. The van der Waals surface area contributed by atoms with Crippen LogP contribution >= 0.6 is 11.6 Å². The molecule has 1 aromatic heterocycles. The van der Waals surface area contributed by atoms with Crippen molar-refractivity contribution >= 4 is 22.4 Å². The summed E-state index contributed by atoms with van der Waals surface area (Å²) in [7, 11) is 0. The molecule has 1 aliphatic rings. The highest BCUT2D eigenvalue weighted by Gasteiger charge is 2.14. The molecule has 0 saturated carbocycles. The maximum absolute atomic E-state index is 6.14. The number of aromatic nitrogens is 2. The summed E-state index contributed by atoms with van der Waals surface area (Å²) in [6.45, 7) is 0. The van der Waals surface area contributed by atoms with Crippen molar-refractivity contribution in [2.24, 2.45) is 0 Å². The Morgan fingerprint density at radius 1 is 0.850 bits per heavy atom. The standard InChI is InChI=1S/C17H13ClN2/c18-17-15-7-2-1-6-14(15)16(19-20-17)13-9-8-11-4-3-5-12(11)10-13/h1-2,6-10H,3-5H2. The zero-order chi connectivity index (χ0) is 13.5. The predicted octanol–water partition coefficient (Wildman–Crippen LogP) is 4.44. The molecule has 0 fully saturated rings. The van der Waals surface area contributed by atoms with Crippen molar-refractivity contribution in [1.29, 1.82) is 0 Å². The van der Waals surface area contributed by atoms with Crippen molar-refractivity contribution in [3.8, 4) is 11.3 Å². The van der Waals surface area contributed by atoms with Crippen molar-refractivity contribution in [3.63, 3.8) is 0 Å². The first-order valence-electron chi connectivity index (χ1n) is 6.86. The lowest BCUT2D eigenvalue weighted by molar-refractivity contribution is 0.912. The van der Waals surface area contributed by atoms with Crippen LogP contribution in [0.4, 0.5) is 0 Å². The minimum Gasteiger partial charge on any atom is -0.148 e. The van der Waals surface area contributed by atoms with Crippen LogP contribution in [0, 0.1) is 0 Å². The van der Waals surface area contributed by atoms with E-state index in [0.29, 0.717) is 5.15 Å². The van der Waals surface area contributed by atoms with E-state index in [2.05, 4.69) is 34.5 Å². The van der Waals surface area contributed by atoms with Gasteiger partial charge in [0.15, 0.2) is 5.15 Å². The molecule has 0 saturated heterocycles. The van der Waals surface area contributed by atoms with Crippen LogP contribution in [-0.2, 0) is 12.8 Å². The third-order valence-corrected chi connectivity index (χ3v) is 4.29. The average Bonchev–Trinajstić information content (AvgIpc) is 2.95. The number of halogens is 1. The van der Waals surface area contributed by atoms with Crippen LogP contribution in [0.25, 0.3) is 22.0 Å². The fourth-order valence-corrected chi connectivity index (χ4v) is 3.21. The largest absolute Gasteiger partial charge is 0.159 e. The Hall–Kier alpha value is -1.93. The molecule has 0 unspecified atom stereocenters. The Labute approximate surface area is 122 Å². The van der Waals surface area contributed by atoms with Gasteiger partial charge >= 0.3 is 0 Å². The monoisotopic (exact) mass is 280 g/mol. The molecule has 3 aromatic rings. The van der Waals surface area contributed by atoms with Crippen LogP contribution in [0.15, 0.2) is 42.5 Å². The molecule has 0 amide bonds. The summed E-state index contributed by atoms with van der Waals surface area (Å²) >= 11 is 6.14. The number of benzene rings is 2. The molecule has 4 rings (SSSR count). The molecule has 0 bridgehead atoms. The van der Waals surface area contributed by atoms with Gasteiger partial charge in [0.2, 0.25) is 0 Å². The third-order valence-electron chi connectivity index (χ3n) is 4.01. The second-order valence-corrected chi connectivity index (χ2v) is 5.58. The summed E-state index contributed by atoms with van der Waals surface area (Å²) in [5, 5.41) is 10.9. The number of fused-ring (bicyclic) bond motifs is 2. The van der Waals surface area contributed by atoms with Crippen LogP contribution in [0.1, 0.15) is 17.5 Å². The zero-order valence-corrected chi connectivity index (χ0v) is 11.7. The van der Waals surface area contributed by atoms with Gasteiger partial charge in [-0.05, 0) is 36.5 Å². The molecule has 0 aliphatic heterocycles. The molecule has 20 heavy (non-hydrogen) atoms. The van der Waals surface area contributed by atoms with Crippen LogP contribution in [0.3, 0.4) is 0 Å². The fraction of sp³-hybridized carbons (Fsp3) is 0.176. The van der Waals surface area contributed by atoms with Gasteiger partial charge in [-0.2, -0.15) is 0 Å². The fourth-order valence-electron chi connectivity index (χ4n) is 3.00. The molecular weight excluding hydrogens is 268 g/mol. The summed E-state index contributed by atoms with van der Waals surface area (Å²) in [6.07, 6.45) is 3.62. The summed E-state index contributed by atoms with van der Waals surface area (Å²) in [6, 6.07) is 14.7. The summed E-state index contributed by atoms with van der Waals surface area (Å²) in [4.78, 5) is 0. The highest BCUT2D eigenvalue weighted by molar-refractivity contribution is 6.34. The highest BCUT2D eigenvalue weighted by Crippen LogP contribution is 2.32. The summed E-state index contributed by atoms with van der Waals surface area (Å²) < 4.78 is 0. The van der Waals surface area contributed by atoms with Crippen molar-refractivity contribution in [2.75, 3.05) is 0 Å². The molecule has 0 N–H and O–H groups in total. The molecule has 0 spiro atoms. The molecule has 0 atom stereocenters. The Morgan fingerprint density at radius 2 is 1.65 bits per heavy atom. The van der Waals surface area contributed by atoms with Crippen LogP contribution in [0.2, 0.25) is 5.15 Å². The summed E-state index contributed by atoms with van der Waals surface area (Å²) in [5.41, 5.74) is 4.97. The van der Waals surface area contributed by atoms with Crippen molar-refractivity contribution in [1.82, 2.24) is 10.2 Å². The first-order valence-corrected chi connectivity index (χ1v) is 7.24. The number of hydrogen-bond donors (Lipinski definition) is 0. The van der Waals surface area contributed by atoms with Crippen LogP contribution in [-0.4, -0.2) is 10.2 Å². The smallest absolute Gasteiger partial charge is 0.148 e. The lowest BCUT2D eigenvalue weighted by Crippen LogP contribution is -1.92. The van der Waals surface area contributed by atoms with Crippen LogP contribution in [0.5, 0.6) is 0 Å². The minimum absolute atomic E-state index is 0.463. The predicted molar refractivity (Wildman–Crippen MR) is 82.0 cm³/mol. The zero-order valence-electron chi connectivity index (χ0n) is 10.9. The van der Waals surface area contributed by atoms with Gasteiger partial charge in [-0.3, -0.25) is 0 Å². The van der Waals surface area contributed by atoms with E-state index < -0.39 is 0 Å². The molecule has 1 aliphatic carbocycles. The number of hydrogen-bond acceptors (Lipinski definition) is 2. The minimum atomic E-state index is 0.463. The topological polar surface area (TPSA) is 25.8 Å². The van der Waals surface area contributed by atoms with E-state index in [1.807, 2.05) is 18.2 Å². The SMILES string of the molecule is Clc1nnc(-c2ccc3c(c2)CCC3)c2ccccc12. The van der Waals surface area contributed by atoms with E-state index in [9.17, 15) is 0 Å². The maximum Gasteiger partial charge on any atom is 0.159 e. The average molecular weight is 281 g/mol. The van der Waals surface area contributed by atoms with E-state index in [0.717, 1.165) is 22.0 Å². The molecule has 3 heteroatoms. The van der Waals surface area contributed by atoms with Gasteiger partial charge in [0.05, 0.1) is 0 Å². The second kappa shape index (κ2) is 4.57. The molecule has 0 radical (unpaired) electrons. The Balaban J connectivity index is 1.97. The number of nitrogens with zero attached hydrogens (tertiary/aromatic N) is 2. The van der Waals surface area contributed by atoms with Gasteiger partial charge in [-0.15, -0.1) is 10.2 Å². The van der Waals surface area contributed by atoms with E-state index >= 15 is 0 Å². The number of aryl methyl sites for hydroxylation is 2. The van der Waals surface area contributed by atoms with E-state index in [-0.39, 0.29) is 0 Å². The molecule has 2 aromatic carbocycles. The quantitative estimate of drug-likeness (QED) is 0.658. The third kappa shape index (κ3) is 1.80. The first-order chi connectivity index (χ1) is 9.83. The van der Waals surface area contributed by atoms with Gasteiger partial charge in [0.1, 0.15) is 5.69 Å². The van der Waals surface area contributed by atoms with Crippen molar-refractivity contribution in [3.05, 3.63) is 58.7 Å².